The van der Waals surface area contributed by atoms with E-state index in [9.17, 15) is 14.9 Å². The van der Waals surface area contributed by atoms with Gasteiger partial charge in [-0.1, -0.05) is 11.8 Å². The molecule has 0 spiro atoms. The van der Waals surface area contributed by atoms with Crippen molar-refractivity contribution in [2.24, 2.45) is 0 Å². The van der Waals surface area contributed by atoms with Crippen LogP contribution in [0.2, 0.25) is 0 Å². The zero-order valence-electron chi connectivity index (χ0n) is 18.1. The minimum absolute atomic E-state index is 0.00308. The number of rotatable bonds is 6. The van der Waals surface area contributed by atoms with Gasteiger partial charge in [-0.15, -0.1) is 21.5 Å². The summed E-state index contributed by atoms with van der Waals surface area (Å²) in [7, 11) is 0. The predicted octanol–water partition coefficient (Wildman–Crippen LogP) is 5.17. The molecule has 1 aliphatic rings. The van der Waals surface area contributed by atoms with Crippen LogP contribution in [-0.4, -0.2) is 24.7 Å². The Balaban J connectivity index is 1.44. The topological polar surface area (TPSA) is 117 Å². The third kappa shape index (κ3) is 3.95. The Morgan fingerprint density at radius 1 is 1.24 bits per heavy atom. The van der Waals surface area contributed by atoms with Crippen molar-refractivity contribution in [3.05, 3.63) is 61.1 Å². The average molecular weight is 484 g/mol. The molecule has 1 aliphatic carbocycles. The standard InChI is InChI=1S/C22H21N5O4S2/c1-3-26-21(28)17-15-6-4-5-7-16(15)33-20(17)23-22(26)32-12(2)18-24-25-19(31-18)13-8-10-14(11-9-13)27(29)30/h8-12H,3-7H2,1-2H3. The van der Waals surface area contributed by atoms with Crippen LogP contribution in [0.15, 0.2) is 38.6 Å². The number of hydrogen-bond acceptors (Lipinski definition) is 9. The molecular weight excluding hydrogens is 462 g/mol. The third-order valence-corrected chi connectivity index (χ3v) is 8.02. The molecule has 3 aromatic heterocycles. The van der Waals surface area contributed by atoms with Gasteiger partial charge in [0.15, 0.2) is 5.16 Å². The maximum absolute atomic E-state index is 13.3. The van der Waals surface area contributed by atoms with Crippen LogP contribution >= 0.6 is 23.1 Å². The van der Waals surface area contributed by atoms with Crippen molar-refractivity contribution < 1.29 is 9.34 Å². The second kappa shape index (κ2) is 8.71. The fourth-order valence-electron chi connectivity index (χ4n) is 4.04. The van der Waals surface area contributed by atoms with Gasteiger partial charge in [0, 0.05) is 29.1 Å². The molecule has 0 saturated heterocycles. The first-order valence-corrected chi connectivity index (χ1v) is 12.5. The Morgan fingerprint density at radius 2 is 2.00 bits per heavy atom. The Kier molecular flexibility index (Phi) is 5.75. The molecule has 5 rings (SSSR count). The van der Waals surface area contributed by atoms with Gasteiger partial charge in [-0.3, -0.25) is 19.5 Å². The highest BCUT2D eigenvalue weighted by atomic mass is 32.2. The number of fused-ring (bicyclic) bond motifs is 3. The largest absolute Gasteiger partial charge is 0.419 e. The first-order valence-electron chi connectivity index (χ1n) is 10.8. The molecule has 1 unspecified atom stereocenters. The van der Waals surface area contributed by atoms with Crippen LogP contribution in [0.1, 0.15) is 48.3 Å². The van der Waals surface area contributed by atoms with Crippen LogP contribution in [0.5, 0.6) is 0 Å². The van der Waals surface area contributed by atoms with Crippen molar-refractivity contribution in [2.45, 2.75) is 56.5 Å². The van der Waals surface area contributed by atoms with Gasteiger partial charge >= 0.3 is 0 Å². The van der Waals surface area contributed by atoms with Crippen LogP contribution in [0.25, 0.3) is 21.7 Å². The number of thiophene rings is 1. The minimum Gasteiger partial charge on any atom is -0.419 e. The summed E-state index contributed by atoms with van der Waals surface area (Å²) < 4.78 is 7.56. The van der Waals surface area contributed by atoms with E-state index in [4.69, 9.17) is 9.40 Å². The zero-order valence-corrected chi connectivity index (χ0v) is 19.7. The van der Waals surface area contributed by atoms with Crippen molar-refractivity contribution >= 4 is 39.0 Å². The van der Waals surface area contributed by atoms with Gasteiger partial charge in [0.1, 0.15) is 4.83 Å². The van der Waals surface area contributed by atoms with Crippen LogP contribution in [0.4, 0.5) is 5.69 Å². The number of aryl methyl sites for hydroxylation is 2. The predicted molar refractivity (Wildman–Crippen MR) is 127 cm³/mol. The van der Waals surface area contributed by atoms with Gasteiger partial charge in [0.2, 0.25) is 11.8 Å². The average Bonchev–Trinajstić information content (AvgIpc) is 3.44. The van der Waals surface area contributed by atoms with E-state index in [1.165, 1.54) is 34.3 Å². The van der Waals surface area contributed by atoms with Gasteiger partial charge < -0.3 is 4.42 Å². The summed E-state index contributed by atoms with van der Waals surface area (Å²) in [5.41, 5.74) is 1.81. The van der Waals surface area contributed by atoms with E-state index >= 15 is 0 Å². The minimum atomic E-state index is -0.456. The normalized spacial score (nSPS) is 14.4. The molecule has 0 radical (unpaired) electrons. The lowest BCUT2D eigenvalue weighted by molar-refractivity contribution is -0.384. The number of nitro groups is 1. The summed E-state index contributed by atoms with van der Waals surface area (Å²) in [6, 6.07) is 5.96. The number of thioether (sulfide) groups is 1. The van der Waals surface area contributed by atoms with Crippen molar-refractivity contribution in [3.8, 4) is 11.5 Å². The molecule has 1 aromatic carbocycles. The molecule has 1 atom stereocenters. The molecule has 170 valence electrons. The molecule has 0 aliphatic heterocycles. The number of nitro benzene ring substituents is 1. The van der Waals surface area contributed by atoms with Gasteiger partial charge in [-0.25, -0.2) is 4.98 Å². The molecule has 0 N–H and O–H groups in total. The number of benzene rings is 1. The summed E-state index contributed by atoms with van der Waals surface area (Å²) in [6.45, 7) is 4.40. The Morgan fingerprint density at radius 3 is 2.73 bits per heavy atom. The van der Waals surface area contributed by atoms with Gasteiger partial charge in [-0.2, -0.15) is 0 Å². The quantitative estimate of drug-likeness (QED) is 0.160. The molecular formula is C22H21N5O4S2. The van der Waals surface area contributed by atoms with Crippen LogP contribution < -0.4 is 5.56 Å². The molecule has 33 heavy (non-hydrogen) atoms. The lowest BCUT2D eigenvalue weighted by Gasteiger charge is -2.13. The zero-order chi connectivity index (χ0) is 23.1. The van der Waals surface area contributed by atoms with Crippen molar-refractivity contribution in [3.63, 3.8) is 0 Å². The summed E-state index contributed by atoms with van der Waals surface area (Å²) in [5, 5.41) is 20.3. The summed E-state index contributed by atoms with van der Waals surface area (Å²) in [4.78, 5) is 30.7. The second-order valence-electron chi connectivity index (χ2n) is 7.84. The van der Waals surface area contributed by atoms with E-state index in [-0.39, 0.29) is 22.4 Å². The Hall–Kier alpha value is -3.05. The van der Waals surface area contributed by atoms with E-state index < -0.39 is 4.92 Å². The molecule has 0 saturated carbocycles. The highest BCUT2D eigenvalue weighted by Crippen LogP contribution is 2.38. The fourth-order valence-corrected chi connectivity index (χ4v) is 6.34. The summed E-state index contributed by atoms with van der Waals surface area (Å²) in [5.74, 6) is 0.686. The van der Waals surface area contributed by atoms with Crippen LogP contribution in [0.3, 0.4) is 0 Å². The number of non-ortho nitro benzene ring substituents is 1. The van der Waals surface area contributed by atoms with Crippen LogP contribution in [0, 0.1) is 10.1 Å². The maximum Gasteiger partial charge on any atom is 0.269 e. The van der Waals surface area contributed by atoms with E-state index in [2.05, 4.69) is 10.2 Å². The summed E-state index contributed by atoms with van der Waals surface area (Å²) in [6.07, 6.45) is 4.25. The lowest BCUT2D eigenvalue weighted by atomic mass is 9.97. The molecule has 3 heterocycles. The summed E-state index contributed by atoms with van der Waals surface area (Å²) >= 11 is 3.05. The van der Waals surface area contributed by atoms with Crippen molar-refractivity contribution in [1.82, 2.24) is 19.7 Å². The Labute approximate surface area is 197 Å². The monoisotopic (exact) mass is 483 g/mol. The van der Waals surface area contributed by atoms with E-state index in [1.807, 2.05) is 13.8 Å². The molecule has 9 nitrogen and oxygen atoms in total. The fraction of sp³-hybridized carbons (Fsp3) is 0.364. The lowest BCUT2D eigenvalue weighted by Crippen LogP contribution is -2.23. The molecule has 11 heteroatoms. The number of aromatic nitrogens is 4. The molecule has 0 bridgehead atoms. The van der Waals surface area contributed by atoms with Gasteiger partial charge in [0.25, 0.3) is 11.2 Å². The number of hydrogen-bond donors (Lipinski definition) is 0. The van der Waals surface area contributed by atoms with Crippen molar-refractivity contribution in [2.75, 3.05) is 0 Å². The highest BCUT2D eigenvalue weighted by Gasteiger charge is 2.24. The van der Waals surface area contributed by atoms with Crippen molar-refractivity contribution in [1.29, 1.82) is 0 Å². The maximum atomic E-state index is 13.3. The Bertz CT molecular complexity index is 1410. The van der Waals surface area contributed by atoms with Gasteiger partial charge in [0.05, 0.1) is 15.6 Å². The van der Waals surface area contributed by atoms with E-state index in [0.29, 0.717) is 23.2 Å². The first kappa shape index (κ1) is 21.8. The highest BCUT2D eigenvalue weighted by molar-refractivity contribution is 7.99. The van der Waals surface area contributed by atoms with E-state index in [1.54, 1.807) is 28.0 Å². The molecule has 4 aromatic rings. The number of nitrogens with zero attached hydrogens (tertiary/aromatic N) is 5. The molecule has 0 amide bonds. The second-order valence-corrected chi connectivity index (χ2v) is 10.2. The smallest absolute Gasteiger partial charge is 0.269 e. The van der Waals surface area contributed by atoms with Gasteiger partial charge in [-0.05, 0) is 57.2 Å². The third-order valence-electron chi connectivity index (χ3n) is 5.75. The van der Waals surface area contributed by atoms with Crippen LogP contribution in [-0.2, 0) is 19.4 Å². The molecule has 0 fully saturated rings. The first-order chi connectivity index (χ1) is 16.0. The SMILES string of the molecule is CCn1c(SC(C)c2nnc(-c3ccc([N+](=O)[O-])cc3)o2)nc2sc3c(c2c1=O)CCCC3. The van der Waals surface area contributed by atoms with E-state index in [0.717, 1.165) is 35.9 Å².